The molecule has 5 heteroatoms. The van der Waals surface area contributed by atoms with Crippen LogP contribution in [0.1, 0.15) is 29.6 Å². The Kier molecular flexibility index (Phi) is 3.03. The highest BCUT2D eigenvalue weighted by Crippen LogP contribution is 2.14. The lowest BCUT2D eigenvalue weighted by molar-refractivity contribution is 0.0720. The maximum absolute atomic E-state index is 12.3. The Morgan fingerprint density at radius 1 is 1.26 bits per heavy atom. The summed E-state index contributed by atoms with van der Waals surface area (Å²) in [5.74, 6) is -0.237. The molecule has 2 aromatic rings. The molecule has 3 heterocycles. The molecule has 0 radical (unpaired) electrons. The lowest BCUT2D eigenvalue weighted by Gasteiger charge is -2.26. The van der Waals surface area contributed by atoms with E-state index < -0.39 is 5.63 Å². The summed E-state index contributed by atoms with van der Waals surface area (Å²) in [6, 6.07) is 5.10. The third-order valence-electron chi connectivity index (χ3n) is 3.38. The van der Waals surface area contributed by atoms with Gasteiger partial charge in [0.15, 0.2) is 0 Å². The first-order chi connectivity index (χ1) is 9.25. The number of likely N-dealkylation sites (tertiary alicyclic amines) is 1. The van der Waals surface area contributed by atoms with Gasteiger partial charge in [0, 0.05) is 24.7 Å². The summed E-state index contributed by atoms with van der Waals surface area (Å²) in [6.45, 7) is 1.42. The number of hydrogen-bond acceptors (Lipinski definition) is 4. The van der Waals surface area contributed by atoms with E-state index in [1.54, 1.807) is 29.3 Å². The van der Waals surface area contributed by atoms with Crippen LogP contribution in [0.3, 0.4) is 0 Å². The van der Waals surface area contributed by atoms with Crippen LogP contribution in [-0.2, 0) is 0 Å². The summed E-state index contributed by atoms with van der Waals surface area (Å²) in [5, 5.41) is 0.669. The Labute approximate surface area is 109 Å². The predicted molar refractivity (Wildman–Crippen MR) is 70.0 cm³/mol. The average molecular weight is 258 g/mol. The summed E-state index contributed by atoms with van der Waals surface area (Å²) >= 11 is 0. The van der Waals surface area contributed by atoms with Gasteiger partial charge in [-0.3, -0.25) is 4.79 Å². The molecule has 0 aliphatic carbocycles. The van der Waals surface area contributed by atoms with Gasteiger partial charge in [0.2, 0.25) is 5.71 Å². The SMILES string of the molecule is O=C(c1cc2cccnc2oc1=O)N1CCCCC1. The summed E-state index contributed by atoms with van der Waals surface area (Å²) in [4.78, 5) is 29.9. The van der Waals surface area contributed by atoms with E-state index in [4.69, 9.17) is 4.42 Å². The lowest BCUT2D eigenvalue weighted by Crippen LogP contribution is -2.37. The molecule has 1 aliphatic rings. The average Bonchev–Trinajstić information content (AvgIpc) is 2.47. The molecule has 98 valence electrons. The van der Waals surface area contributed by atoms with Crippen LogP contribution in [0.2, 0.25) is 0 Å². The maximum atomic E-state index is 12.3. The molecular weight excluding hydrogens is 244 g/mol. The van der Waals surface area contributed by atoms with E-state index in [2.05, 4.69) is 4.98 Å². The van der Waals surface area contributed by atoms with Crippen molar-refractivity contribution in [3.8, 4) is 0 Å². The fourth-order valence-electron chi connectivity index (χ4n) is 2.37. The van der Waals surface area contributed by atoms with Crippen molar-refractivity contribution in [2.75, 3.05) is 13.1 Å². The standard InChI is InChI=1S/C14H14N2O3/c17-13(16-7-2-1-3-8-16)11-9-10-5-4-6-15-12(10)19-14(11)18/h4-6,9H,1-3,7-8H2. The van der Waals surface area contributed by atoms with Crippen LogP contribution in [0, 0.1) is 0 Å². The van der Waals surface area contributed by atoms with E-state index in [1.165, 1.54) is 0 Å². The van der Waals surface area contributed by atoms with E-state index in [0.717, 1.165) is 19.3 Å². The zero-order chi connectivity index (χ0) is 13.2. The van der Waals surface area contributed by atoms with Gasteiger partial charge in [-0.25, -0.2) is 9.78 Å². The molecule has 0 aromatic carbocycles. The van der Waals surface area contributed by atoms with E-state index >= 15 is 0 Å². The minimum atomic E-state index is -0.609. The Balaban J connectivity index is 2.01. The van der Waals surface area contributed by atoms with Crippen LogP contribution < -0.4 is 5.63 Å². The third kappa shape index (κ3) is 2.23. The number of pyridine rings is 1. The van der Waals surface area contributed by atoms with Crippen molar-refractivity contribution >= 4 is 17.0 Å². The smallest absolute Gasteiger partial charge is 0.350 e. The van der Waals surface area contributed by atoms with Crippen LogP contribution >= 0.6 is 0 Å². The van der Waals surface area contributed by atoms with Crippen molar-refractivity contribution in [2.45, 2.75) is 19.3 Å². The predicted octanol–water partition coefficient (Wildman–Crippen LogP) is 1.81. The van der Waals surface area contributed by atoms with Crippen LogP contribution in [0.25, 0.3) is 11.1 Å². The molecule has 0 spiro atoms. The summed E-state index contributed by atoms with van der Waals surface area (Å²) in [6.07, 6.45) is 4.68. The number of nitrogens with zero attached hydrogens (tertiary/aromatic N) is 2. The summed E-state index contributed by atoms with van der Waals surface area (Å²) in [7, 11) is 0. The molecule has 1 saturated heterocycles. The Morgan fingerprint density at radius 2 is 2.05 bits per heavy atom. The van der Waals surface area contributed by atoms with E-state index in [-0.39, 0.29) is 17.2 Å². The molecule has 0 N–H and O–H groups in total. The summed E-state index contributed by atoms with van der Waals surface area (Å²) in [5.41, 5.74) is -0.244. The molecule has 0 saturated carbocycles. The number of rotatable bonds is 1. The monoisotopic (exact) mass is 258 g/mol. The topological polar surface area (TPSA) is 63.4 Å². The van der Waals surface area contributed by atoms with Gasteiger partial charge in [0.1, 0.15) is 5.56 Å². The first-order valence-electron chi connectivity index (χ1n) is 6.44. The molecule has 0 atom stereocenters. The molecule has 1 aliphatic heterocycles. The van der Waals surface area contributed by atoms with Crippen molar-refractivity contribution in [3.63, 3.8) is 0 Å². The first-order valence-corrected chi connectivity index (χ1v) is 6.44. The molecule has 1 fully saturated rings. The molecule has 1 amide bonds. The number of fused-ring (bicyclic) bond motifs is 1. The van der Waals surface area contributed by atoms with Gasteiger partial charge in [0.05, 0.1) is 0 Å². The molecule has 5 nitrogen and oxygen atoms in total. The Hall–Kier alpha value is -2.17. The van der Waals surface area contributed by atoms with E-state index in [0.29, 0.717) is 18.5 Å². The van der Waals surface area contributed by atoms with Crippen LogP contribution in [0.5, 0.6) is 0 Å². The maximum Gasteiger partial charge on any atom is 0.350 e. The highest BCUT2D eigenvalue weighted by atomic mass is 16.4. The first kappa shape index (κ1) is 11.9. The number of carbonyl (C=O) groups excluding carboxylic acids is 1. The van der Waals surface area contributed by atoms with Gasteiger partial charge < -0.3 is 9.32 Å². The molecule has 0 bridgehead atoms. The van der Waals surface area contributed by atoms with Crippen LogP contribution in [-0.4, -0.2) is 28.9 Å². The number of aromatic nitrogens is 1. The zero-order valence-electron chi connectivity index (χ0n) is 10.5. The van der Waals surface area contributed by atoms with Crippen LogP contribution in [0.15, 0.2) is 33.6 Å². The van der Waals surface area contributed by atoms with Crippen molar-refractivity contribution in [1.82, 2.24) is 9.88 Å². The lowest BCUT2D eigenvalue weighted by atomic mass is 10.1. The minimum absolute atomic E-state index is 0.0994. The molecule has 19 heavy (non-hydrogen) atoms. The van der Waals surface area contributed by atoms with Gasteiger partial charge >= 0.3 is 5.63 Å². The van der Waals surface area contributed by atoms with Gasteiger partial charge in [-0.2, -0.15) is 0 Å². The second-order valence-electron chi connectivity index (χ2n) is 4.70. The fraction of sp³-hybridized carbons (Fsp3) is 0.357. The van der Waals surface area contributed by atoms with Gasteiger partial charge in [-0.05, 0) is 37.5 Å². The van der Waals surface area contributed by atoms with Gasteiger partial charge in [-0.15, -0.1) is 0 Å². The van der Waals surface area contributed by atoms with Crippen molar-refractivity contribution in [3.05, 3.63) is 40.4 Å². The van der Waals surface area contributed by atoms with E-state index in [9.17, 15) is 9.59 Å². The molecule has 2 aromatic heterocycles. The Morgan fingerprint density at radius 3 is 2.84 bits per heavy atom. The van der Waals surface area contributed by atoms with Gasteiger partial charge in [-0.1, -0.05) is 0 Å². The van der Waals surface area contributed by atoms with E-state index in [1.807, 2.05) is 0 Å². The highest BCUT2D eigenvalue weighted by Gasteiger charge is 2.22. The quantitative estimate of drug-likeness (QED) is 0.782. The number of carbonyl (C=O) groups is 1. The minimum Gasteiger partial charge on any atom is -0.403 e. The normalized spacial score (nSPS) is 15.7. The Bertz CT molecular complexity index is 672. The fourth-order valence-corrected chi connectivity index (χ4v) is 2.37. The molecular formula is C14H14N2O3. The highest BCUT2D eigenvalue weighted by molar-refractivity contribution is 5.96. The number of amides is 1. The van der Waals surface area contributed by atoms with Gasteiger partial charge in [0.25, 0.3) is 5.91 Å². The van der Waals surface area contributed by atoms with Crippen molar-refractivity contribution in [2.24, 2.45) is 0 Å². The van der Waals surface area contributed by atoms with Crippen LogP contribution in [0.4, 0.5) is 0 Å². The molecule has 0 unspecified atom stereocenters. The second kappa shape index (κ2) is 4.84. The second-order valence-corrected chi connectivity index (χ2v) is 4.70. The largest absolute Gasteiger partial charge is 0.403 e. The number of piperidine rings is 1. The summed E-state index contributed by atoms with van der Waals surface area (Å²) < 4.78 is 5.09. The third-order valence-corrected chi connectivity index (χ3v) is 3.38. The van der Waals surface area contributed by atoms with Crippen molar-refractivity contribution < 1.29 is 9.21 Å². The zero-order valence-corrected chi connectivity index (χ0v) is 10.5. The molecule has 3 rings (SSSR count). The van der Waals surface area contributed by atoms with Crippen molar-refractivity contribution in [1.29, 1.82) is 0 Å². The number of hydrogen-bond donors (Lipinski definition) is 0.